The molecule has 0 spiro atoms. The van der Waals surface area contributed by atoms with Crippen molar-refractivity contribution < 1.29 is 22.6 Å². The zero-order chi connectivity index (χ0) is 20.9. The number of fused-ring (bicyclic) bond motifs is 2. The largest absolute Gasteiger partial charge is 0.454 e. The van der Waals surface area contributed by atoms with E-state index >= 15 is 0 Å². The van der Waals surface area contributed by atoms with Crippen molar-refractivity contribution in [3.05, 3.63) is 60.4 Å². The third-order valence-electron chi connectivity index (χ3n) is 4.83. The van der Waals surface area contributed by atoms with Crippen LogP contribution in [0.15, 0.2) is 54.9 Å². The number of hydrogen-bond donors (Lipinski definition) is 0. The number of thiophene rings is 1. The minimum Gasteiger partial charge on any atom is -0.454 e. The molecular formula is C21H14F3N3O2S. The Kier molecular flexibility index (Phi) is 4.28. The second kappa shape index (κ2) is 6.88. The SMILES string of the molecule is CN(c1ccc2c(c1)OCO2)c1ncnc2cc(-c3cccc(C(F)(F)F)c3)sc12. The van der Waals surface area contributed by atoms with Crippen LogP contribution in [0.5, 0.6) is 11.5 Å². The van der Waals surface area contributed by atoms with Gasteiger partial charge in [0.25, 0.3) is 0 Å². The van der Waals surface area contributed by atoms with Crippen LogP contribution < -0.4 is 14.4 Å². The molecule has 0 saturated carbocycles. The molecule has 1 aliphatic rings. The third-order valence-corrected chi connectivity index (χ3v) is 6.00. The van der Waals surface area contributed by atoms with Crippen LogP contribution in [0.25, 0.3) is 20.7 Å². The van der Waals surface area contributed by atoms with E-state index in [1.807, 2.05) is 30.1 Å². The summed E-state index contributed by atoms with van der Waals surface area (Å²) in [6, 6.07) is 12.7. The van der Waals surface area contributed by atoms with Gasteiger partial charge >= 0.3 is 6.18 Å². The molecule has 3 heterocycles. The molecule has 0 N–H and O–H groups in total. The molecule has 1 aliphatic heterocycles. The molecule has 5 nitrogen and oxygen atoms in total. The first-order valence-electron chi connectivity index (χ1n) is 8.96. The van der Waals surface area contributed by atoms with Gasteiger partial charge in [0.1, 0.15) is 6.33 Å². The van der Waals surface area contributed by atoms with Crippen LogP contribution >= 0.6 is 11.3 Å². The number of anilines is 2. The summed E-state index contributed by atoms with van der Waals surface area (Å²) in [6.07, 6.45) is -2.94. The van der Waals surface area contributed by atoms with E-state index < -0.39 is 11.7 Å². The molecule has 0 amide bonds. The first kappa shape index (κ1) is 18.7. The van der Waals surface area contributed by atoms with Gasteiger partial charge in [0, 0.05) is 23.7 Å². The van der Waals surface area contributed by atoms with Gasteiger partial charge in [-0.05, 0) is 35.9 Å². The molecule has 0 fully saturated rings. The Labute approximate surface area is 173 Å². The van der Waals surface area contributed by atoms with E-state index in [2.05, 4.69) is 9.97 Å². The Hall–Kier alpha value is -3.33. The molecule has 0 unspecified atom stereocenters. The van der Waals surface area contributed by atoms with Crippen LogP contribution in [0.4, 0.5) is 24.7 Å². The van der Waals surface area contributed by atoms with Gasteiger partial charge < -0.3 is 14.4 Å². The van der Waals surface area contributed by atoms with E-state index in [9.17, 15) is 13.2 Å². The summed E-state index contributed by atoms with van der Waals surface area (Å²) >= 11 is 1.35. The standard InChI is InChI=1S/C21H14F3N3O2S/c1-27(14-5-6-16-17(8-14)29-11-28-16)20-19-15(25-10-26-20)9-18(30-19)12-3-2-4-13(7-12)21(22,23)24/h2-10H,11H2,1H3. The van der Waals surface area contributed by atoms with Crippen LogP contribution in [0.2, 0.25) is 0 Å². The molecule has 0 atom stereocenters. The minimum absolute atomic E-state index is 0.186. The fraction of sp³-hybridized carbons (Fsp3) is 0.143. The number of halogens is 3. The van der Waals surface area contributed by atoms with Gasteiger partial charge in [0.05, 0.1) is 15.8 Å². The molecule has 30 heavy (non-hydrogen) atoms. The number of hydrogen-bond acceptors (Lipinski definition) is 6. The van der Waals surface area contributed by atoms with Crippen molar-refractivity contribution in [1.29, 1.82) is 0 Å². The number of aromatic nitrogens is 2. The van der Waals surface area contributed by atoms with Crippen molar-refractivity contribution in [3.8, 4) is 21.9 Å². The first-order chi connectivity index (χ1) is 14.4. The van der Waals surface area contributed by atoms with Gasteiger partial charge in [-0.25, -0.2) is 9.97 Å². The van der Waals surface area contributed by atoms with Crippen molar-refractivity contribution >= 4 is 33.1 Å². The Morgan fingerprint density at radius 2 is 1.83 bits per heavy atom. The van der Waals surface area contributed by atoms with E-state index in [1.165, 1.54) is 23.7 Å². The normalized spacial score (nSPS) is 13.1. The Morgan fingerprint density at radius 3 is 2.67 bits per heavy atom. The Bertz CT molecular complexity index is 1260. The number of ether oxygens (including phenoxy) is 2. The van der Waals surface area contributed by atoms with Gasteiger partial charge in [0.2, 0.25) is 6.79 Å². The predicted molar refractivity (Wildman–Crippen MR) is 108 cm³/mol. The summed E-state index contributed by atoms with van der Waals surface area (Å²) in [5.74, 6) is 1.99. The Balaban J connectivity index is 1.56. The van der Waals surface area contributed by atoms with Crippen LogP contribution in [0.1, 0.15) is 5.56 Å². The second-order valence-corrected chi connectivity index (χ2v) is 7.75. The zero-order valence-electron chi connectivity index (χ0n) is 15.6. The molecule has 2 aromatic heterocycles. The maximum Gasteiger partial charge on any atom is 0.416 e. The maximum absolute atomic E-state index is 13.1. The van der Waals surface area contributed by atoms with Crippen molar-refractivity contribution in [1.82, 2.24) is 9.97 Å². The van der Waals surface area contributed by atoms with E-state index in [-0.39, 0.29) is 6.79 Å². The summed E-state index contributed by atoms with van der Waals surface area (Å²) in [6.45, 7) is 0.186. The van der Waals surface area contributed by atoms with Gasteiger partial charge in [-0.15, -0.1) is 11.3 Å². The number of alkyl halides is 3. The van der Waals surface area contributed by atoms with Gasteiger partial charge in [-0.2, -0.15) is 13.2 Å². The van der Waals surface area contributed by atoms with Crippen molar-refractivity contribution in [2.45, 2.75) is 6.18 Å². The lowest BCUT2D eigenvalue weighted by molar-refractivity contribution is -0.137. The summed E-state index contributed by atoms with van der Waals surface area (Å²) in [4.78, 5) is 11.3. The predicted octanol–water partition coefficient (Wildman–Crippen LogP) is 5.87. The first-order valence-corrected chi connectivity index (χ1v) is 9.77. The molecule has 0 radical (unpaired) electrons. The molecule has 2 aromatic carbocycles. The molecule has 0 saturated heterocycles. The van der Waals surface area contributed by atoms with Gasteiger partial charge in [-0.3, -0.25) is 0 Å². The molecule has 5 rings (SSSR count). The maximum atomic E-state index is 13.1. The van der Waals surface area contributed by atoms with Crippen LogP contribution in [-0.4, -0.2) is 23.8 Å². The minimum atomic E-state index is -4.39. The Morgan fingerprint density at radius 1 is 1.00 bits per heavy atom. The number of rotatable bonds is 3. The van der Waals surface area contributed by atoms with E-state index in [4.69, 9.17) is 9.47 Å². The van der Waals surface area contributed by atoms with E-state index in [0.29, 0.717) is 33.3 Å². The highest BCUT2D eigenvalue weighted by Gasteiger charge is 2.30. The average molecular weight is 429 g/mol. The lowest BCUT2D eigenvalue weighted by Crippen LogP contribution is -2.11. The van der Waals surface area contributed by atoms with Crippen LogP contribution in [-0.2, 0) is 6.18 Å². The lowest BCUT2D eigenvalue weighted by Gasteiger charge is -2.19. The molecule has 9 heteroatoms. The highest BCUT2D eigenvalue weighted by molar-refractivity contribution is 7.22. The average Bonchev–Trinajstić information content (AvgIpc) is 3.38. The summed E-state index contributed by atoms with van der Waals surface area (Å²) < 4.78 is 50.9. The lowest BCUT2D eigenvalue weighted by atomic mass is 10.1. The van der Waals surface area contributed by atoms with Crippen molar-refractivity contribution in [2.24, 2.45) is 0 Å². The van der Waals surface area contributed by atoms with Crippen molar-refractivity contribution in [3.63, 3.8) is 0 Å². The highest BCUT2D eigenvalue weighted by Crippen LogP contribution is 2.41. The van der Waals surface area contributed by atoms with Crippen LogP contribution in [0, 0.1) is 0 Å². The molecule has 4 aromatic rings. The van der Waals surface area contributed by atoms with Crippen LogP contribution in [0.3, 0.4) is 0 Å². The monoisotopic (exact) mass is 429 g/mol. The zero-order valence-corrected chi connectivity index (χ0v) is 16.4. The molecule has 0 bridgehead atoms. The quantitative estimate of drug-likeness (QED) is 0.407. The topological polar surface area (TPSA) is 47.5 Å². The van der Waals surface area contributed by atoms with E-state index in [1.54, 1.807) is 12.1 Å². The van der Waals surface area contributed by atoms with E-state index in [0.717, 1.165) is 22.5 Å². The molecular weight excluding hydrogens is 415 g/mol. The fourth-order valence-corrected chi connectivity index (χ4v) is 4.42. The summed E-state index contributed by atoms with van der Waals surface area (Å²) in [7, 11) is 1.86. The molecule has 0 aliphatic carbocycles. The van der Waals surface area contributed by atoms with Gasteiger partial charge in [-0.1, -0.05) is 12.1 Å². The molecule has 152 valence electrons. The summed E-state index contributed by atoms with van der Waals surface area (Å²) in [5, 5.41) is 0. The second-order valence-electron chi connectivity index (χ2n) is 6.70. The van der Waals surface area contributed by atoms with Gasteiger partial charge in [0.15, 0.2) is 17.3 Å². The fourth-order valence-electron chi connectivity index (χ4n) is 3.29. The number of benzene rings is 2. The van der Waals surface area contributed by atoms with Crippen molar-refractivity contribution in [2.75, 3.05) is 18.7 Å². The smallest absolute Gasteiger partial charge is 0.416 e. The highest BCUT2D eigenvalue weighted by atomic mass is 32.1. The number of nitrogens with zero attached hydrogens (tertiary/aromatic N) is 3. The third kappa shape index (κ3) is 3.21. The summed E-state index contributed by atoms with van der Waals surface area (Å²) in [5.41, 5.74) is 1.32.